The van der Waals surface area contributed by atoms with Crippen molar-refractivity contribution in [2.75, 3.05) is 32.8 Å². The zero-order valence-electron chi connectivity index (χ0n) is 18.2. The second-order valence-electron chi connectivity index (χ2n) is 7.77. The number of hydrogen-bond acceptors (Lipinski definition) is 5. The van der Waals surface area contributed by atoms with Crippen LogP contribution in [-0.4, -0.2) is 69.8 Å². The number of aromatic amines is 1. The summed E-state index contributed by atoms with van der Waals surface area (Å²) in [7, 11) is 0. The number of alkyl halides is 3. The molecule has 3 aromatic rings. The summed E-state index contributed by atoms with van der Waals surface area (Å²) in [5, 5.41) is 6.15. The molecule has 0 bridgehead atoms. The molecule has 0 aliphatic carbocycles. The summed E-state index contributed by atoms with van der Waals surface area (Å²) < 4.78 is 45.0. The molecule has 0 saturated carbocycles. The lowest BCUT2D eigenvalue weighted by Crippen LogP contribution is -2.50. The van der Waals surface area contributed by atoms with Crippen LogP contribution in [-0.2, 0) is 10.9 Å². The Morgan fingerprint density at radius 3 is 2.53 bits per heavy atom. The first-order chi connectivity index (χ1) is 16.2. The molecule has 1 N–H and O–H groups in total. The monoisotopic (exact) mass is 495 g/mol. The number of ether oxygens (including phenoxy) is 1. The number of piperazine rings is 1. The molecule has 1 aliphatic rings. The lowest BCUT2D eigenvalue weighted by atomic mass is 10.1. The molecule has 2 aromatic heterocycles. The lowest BCUT2D eigenvalue weighted by molar-refractivity contribution is -0.140. The first-order valence-corrected chi connectivity index (χ1v) is 11.0. The first kappa shape index (κ1) is 23.8. The van der Waals surface area contributed by atoms with Gasteiger partial charge in [-0.05, 0) is 24.6 Å². The largest absolute Gasteiger partial charge is 0.449 e. The first-order valence-electron chi connectivity index (χ1n) is 10.6. The predicted molar refractivity (Wildman–Crippen MR) is 118 cm³/mol. The van der Waals surface area contributed by atoms with Gasteiger partial charge in [0.1, 0.15) is 5.69 Å². The van der Waals surface area contributed by atoms with E-state index in [0.29, 0.717) is 43.7 Å². The fourth-order valence-electron chi connectivity index (χ4n) is 3.71. The van der Waals surface area contributed by atoms with Crippen LogP contribution in [0.15, 0.2) is 30.5 Å². The molecule has 1 saturated heterocycles. The minimum Gasteiger partial charge on any atom is -0.449 e. The van der Waals surface area contributed by atoms with Gasteiger partial charge >= 0.3 is 12.3 Å². The normalized spacial score (nSPS) is 14.5. The maximum Gasteiger partial charge on any atom is 0.433 e. The third-order valence-electron chi connectivity index (χ3n) is 5.46. The number of amides is 2. The Labute approximate surface area is 197 Å². The van der Waals surface area contributed by atoms with Gasteiger partial charge in [-0.15, -0.1) is 0 Å². The van der Waals surface area contributed by atoms with Crippen LogP contribution in [0.3, 0.4) is 0 Å². The molecule has 0 atom stereocenters. The predicted octanol–water partition coefficient (Wildman–Crippen LogP) is 4.60. The van der Waals surface area contributed by atoms with E-state index in [9.17, 15) is 22.8 Å². The number of carbonyl (C=O) groups excluding carboxylic acids is 2. The van der Waals surface area contributed by atoms with Crippen molar-refractivity contribution in [3.8, 4) is 11.3 Å². The van der Waals surface area contributed by atoms with Crippen LogP contribution in [0.2, 0.25) is 5.02 Å². The highest BCUT2D eigenvalue weighted by Crippen LogP contribution is 2.36. The number of nitrogens with one attached hydrogen (secondary N) is 1. The van der Waals surface area contributed by atoms with Crippen molar-refractivity contribution in [1.82, 2.24) is 25.0 Å². The van der Waals surface area contributed by atoms with Gasteiger partial charge in [0.05, 0.1) is 34.6 Å². The molecular formula is C22H21ClF3N5O3. The molecule has 3 heterocycles. The Kier molecular flexibility index (Phi) is 6.65. The third kappa shape index (κ3) is 4.79. The SMILES string of the molecule is CCCOC(=O)N1CCN(C(=O)c2ccc3c(Cl)cc(-c4cn[nH]c4C(F)(F)F)nc3c2)CC1. The maximum atomic E-state index is 13.3. The number of nitrogens with zero attached hydrogens (tertiary/aromatic N) is 4. The van der Waals surface area contributed by atoms with Crippen molar-refractivity contribution < 1.29 is 27.5 Å². The van der Waals surface area contributed by atoms with Crippen LogP contribution in [0.4, 0.5) is 18.0 Å². The van der Waals surface area contributed by atoms with E-state index in [0.717, 1.165) is 12.6 Å². The van der Waals surface area contributed by atoms with E-state index in [1.807, 2.05) is 12.0 Å². The highest BCUT2D eigenvalue weighted by atomic mass is 35.5. The molecule has 1 aromatic carbocycles. The summed E-state index contributed by atoms with van der Waals surface area (Å²) in [6.07, 6.45) is -3.28. The number of pyridine rings is 1. The van der Waals surface area contributed by atoms with Gasteiger partial charge in [0.15, 0.2) is 0 Å². The Hall–Kier alpha value is -3.34. The van der Waals surface area contributed by atoms with Crippen molar-refractivity contribution in [3.63, 3.8) is 0 Å². The van der Waals surface area contributed by atoms with Crippen molar-refractivity contribution in [1.29, 1.82) is 0 Å². The molecule has 34 heavy (non-hydrogen) atoms. The molecule has 4 rings (SSSR count). The Balaban J connectivity index is 1.56. The molecule has 1 aliphatic heterocycles. The van der Waals surface area contributed by atoms with Gasteiger partial charge < -0.3 is 14.5 Å². The van der Waals surface area contributed by atoms with Gasteiger partial charge in [0, 0.05) is 37.1 Å². The van der Waals surface area contributed by atoms with Crippen molar-refractivity contribution in [2.45, 2.75) is 19.5 Å². The van der Waals surface area contributed by atoms with Crippen LogP contribution >= 0.6 is 11.6 Å². The molecule has 1 fully saturated rings. The molecule has 180 valence electrons. The number of rotatable bonds is 4. The fraction of sp³-hybridized carbons (Fsp3) is 0.364. The number of benzene rings is 1. The second-order valence-corrected chi connectivity index (χ2v) is 8.18. The minimum atomic E-state index is -4.64. The molecule has 0 unspecified atom stereocenters. The Bertz CT molecular complexity index is 1220. The van der Waals surface area contributed by atoms with Gasteiger partial charge in [0.2, 0.25) is 0 Å². The van der Waals surface area contributed by atoms with Crippen molar-refractivity contribution >= 4 is 34.5 Å². The van der Waals surface area contributed by atoms with E-state index in [1.54, 1.807) is 21.9 Å². The second kappa shape index (κ2) is 9.49. The summed E-state index contributed by atoms with van der Waals surface area (Å²) in [5.41, 5.74) is -0.678. The highest BCUT2D eigenvalue weighted by molar-refractivity contribution is 6.35. The van der Waals surface area contributed by atoms with Crippen LogP contribution in [0.5, 0.6) is 0 Å². The molecular weight excluding hydrogens is 475 g/mol. The summed E-state index contributed by atoms with van der Waals surface area (Å²) in [4.78, 5) is 32.5. The molecule has 2 amide bonds. The van der Waals surface area contributed by atoms with Crippen LogP contribution in [0, 0.1) is 0 Å². The number of H-pyrrole nitrogens is 1. The smallest absolute Gasteiger partial charge is 0.433 e. The average Bonchev–Trinajstić information content (AvgIpc) is 3.33. The molecule has 8 nitrogen and oxygen atoms in total. The van der Waals surface area contributed by atoms with E-state index in [1.165, 1.54) is 12.1 Å². The zero-order valence-corrected chi connectivity index (χ0v) is 18.9. The van der Waals surface area contributed by atoms with Gasteiger partial charge in [-0.25, -0.2) is 9.78 Å². The van der Waals surface area contributed by atoms with Gasteiger partial charge in [0.25, 0.3) is 5.91 Å². The fourth-order valence-corrected chi connectivity index (χ4v) is 3.97. The van der Waals surface area contributed by atoms with Crippen LogP contribution < -0.4 is 0 Å². The number of halogens is 4. The topological polar surface area (TPSA) is 91.4 Å². The van der Waals surface area contributed by atoms with E-state index in [-0.39, 0.29) is 27.7 Å². The van der Waals surface area contributed by atoms with Gasteiger partial charge in [-0.3, -0.25) is 9.89 Å². The molecule has 12 heteroatoms. The van der Waals surface area contributed by atoms with Crippen molar-refractivity contribution in [2.24, 2.45) is 0 Å². The number of aromatic nitrogens is 3. The zero-order chi connectivity index (χ0) is 24.5. The van der Waals surface area contributed by atoms with E-state index in [2.05, 4.69) is 10.1 Å². The lowest BCUT2D eigenvalue weighted by Gasteiger charge is -2.34. The van der Waals surface area contributed by atoms with E-state index >= 15 is 0 Å². The van der Waals surface area contributed by atoms with Crippen LogP contribution in [0.1, 0.15) is 29.4 Å². The Morgan fingerprint density at radius 2 is 1.85 bits per heavy atom. The summed E-state index contributed by atoms with van der Waals surface area (Å²) in [5.74, 6) is -0.272. The Morgan fingerprint density at radius 1 is 1.15 bits per heavy atom. The van der Waals surface area contributed by atoms with Crippen LogP contribution in [0.25, 0.3) is 22.2 Å². The highest BCUT2D eigenvalue weighted by Gasteiger charge is 2.36. The molecule has 0 spiro atoms. The van der Waals surface area contributed by atoms with Gasteiger partial charge in [-0.2, -0.15) is 18.3 Å². The van der Waals surface area contributed by atoms with Crippen molar-refractivity contribution in [3.05, 3.63) is 46.7 Å². The quantitative estimate of drug-likeness (QED) is 0.571. The summed E-state index contributed by atoms with van der Waals surface area (Å²) >= 11 is 6.31. The summed E-state index contributed by atoms with van der Waals surface area (Å²) in [6, 6.07) is 6.05. The van der Waals surface area contributed by atoms with E-state index in [4.69, 9.17) is 16.3 Å². The number of hydrogen-bond donors (Lipinski definition) is 1. The molecule has 0 radical (unpaired) electrons. The number of fused-ring (bicyclic) bond motifs is 1. The maximum absolute atomic E-state index is 13.3. The van der Waals surface area contributed by atoms with E-state index < -0.39 is 18.0 Å². The minimum absolute atomic E-state index is 0.0117. The third-order valence-corrected chi connectivity index (χ3v) is 5.77. The average molecular weight is 496 g/mol. The summed E-state index contributed by atoms with van der Waals surface area (Å²) in [6.45, 7) is 3.60. The standard InChI is InChI=1S/C22H21ClF3N5O3/c1-2-9-34-21(33)31-7-5-30(6-8-31)20(32)13-3-4-14-16(23)11-18(28-17(14)10-13)15-12-27-29-19(15)22(24,25)26/h3-4,10-12H,2,5-9H2,1H3,(H,27,29). The van der Waals surface area contributed by atoms with Gasteiger partial charge in [-0.1, -0.05) is 24.6 Å². The number of carbonyl (C=O) groups is 2.